The van der Waals surface area contributed by atoms with Crippen LogP contribution < -0.4 is 10.6 Å². The number of rotatable bonds is 5. The Labute approximate surface area is 192 Å². The normalized spacial score (nSPS) is 18.0. The summed E-state index contributed by atoms with van der Waals surface area (Å²) in [6.07, 6.45) is 2.06. The zero-order valence-electron chi connectivity index (χ0n) is 18.2. The summed E-state index contributed by atoms with van der Waals surface area (Å²) < 4.78 is 0. The van der Waals surface area contributed by atoms with Gasteiger partial charge in [-0.1, -0.05) is 53.7 Å². The van der Waals surface area contributed by atoms with Gasteiger partial charge in [-0.05, 0) is 49.9 Å². The van der Waals surface area contributed by atoms with Crippen LogP contribution in [-0.2, 0) is 9.59 Å². The van der Waals surface area contributed by atoms with Crippen molar-refractivity contribution in [1.29, 1.82) is 5.26 Å². The van der Waals surface area contributed by atoms with E-state index in [1.165, 1.54) is 11.8 Å². The summed E-state index contributed by atoms with van der Waals surface area (Å²) in [5.41, 5.74) is 5.95. The molecule has 1 atom stereocenters. The van der Waals surface area contributed by atoms with Gasteiger partial charge in [-0.2, -0.15) is 5.26 Å². The maximum absolute atomic E-state index is 12.8. The second-order valence-electron chi connectivity index (χ2n) is 8.20. The molecule has 0 saturated heterocycles. The first-order valence-electron chi connectivity index (χ1n) is 10.7. The summed E-state index contributed by atoms with van der Waals surface area (Å²) in [6, 6.07) is 18.0. The van der Waals surface area contributed by atoms with Crippen molar-refractivity contribution in [3.63, 3.8) is 0 Å². The van der Waals surface area contributed by atoms with Gasteiger partial charge in [0.1, 0.15) is 0 Å². The number of anilines is 1. The molecule has 1 aliphatic heterocycles. The minimum absolute atomic E-state index is 0.0957. The Balaban J connectivity index is 1.61. The van der Waals surface area contributed by atoms with Crippen molar-refractivity contribution in [1.82, 2.24) is 5.32 Å². The second kappa shape index (κ2) is 9.46. The fourth-order valence-electron chi connectivity index (χ4n) is 4.19. The molecule has 2 N–H and O–H groups in total. The number of benzene rings is 2. The Hall–Kier alpha value is -3.30. The Bertz CT molecular complexity index is 1170. The average molecular weight is 444 g/mol. The van der Waals surface area contributed by atoms with E-state index in [2.05, 4.69) is 16.7 Å². The van der Waals surface area contributed by atoms with Crippen molar-refractivity contribution in [2.75, 3.05) is 11.1 Å². The van der Waals surface area contributed by atoms with Gasteiger partial charge in [0, 0.05) is 23.4 Å². The summed E-state index contributed by atoms with van der Waals surface area (Å²) >= 11 is 1.31. The quantitative estimate of drug-likeness (QED) is 0.671. The number of nitrogens with one attached hydrogen (secondary N) is 2. The number of hydrogen-bond donors (Lipinski definition) is 2. The van der Waals surface area contributed by atoms with Crippen molar-refractivity contribution in [3.05, 3.63) is 87.1 Å². The van der Waals surface area contributed by atoms with Gasteiger partial charge >= 0.3 is 0 Å². The molecule has 0 aromatic heterocycles. The number of allylic oxidation sites excluding steroid dienone is 3. The van der Waals surface area contributed by atoms with Gasteiger partial charge in [-0.3, -0.25) is 9.59 Å². The average Bonchev–Trinajstić information content (AvgIpc) is 2.77. The lowest BCUT2D eigenvalue weighted by molar-refractivity contribution is -0.116. The van der Waals surface area contributed by atoms with E-state index in [4.69, 9.17) is 0 Å². The predicted molar refractivity (Wildman–Crippen MR) is 128 cm³/mol. The molecular formula is C26H25N3O2S. The number of amides is 1. The summed E-state index contributed by atoms with van der Waals surface area (Å²) in [5.74, 6) is -0.276. The summed E-state index contributed by atoms with van der Waals surface area (Å²) in [5, 5.41) is 17.0. The highest BCUT2D eigenvalue weighted by Gasteiger charge is 2.37. The first-order valence-corrected chi connectivity index (χ1v) is 11.7. The maximum atomic E-state index is 12.8. The zero-order valence-corrected chi connectivity index (χ0v) is 19.0. The van der Waals surface area contributed by atoms with Crippen LogP contribution in [0.2, 0.25) is 0 Å². The smallest absolute Gasteiger partial charge is 0.234 e. The van der Waals surface area contributed by atoms with Crippen molar-refractivity contribution in [2.24, 2.45) is 0 Å². The topological polar surface area (TPSA) is 82.0 Å². The van der Waals surface area contributed by atoms with Gasteiger partial charge in [-0.25, -0.2) is 0 Å². The molecule has 6 heteroatoms. The number of Topliss-reactive ketones (excluding diaryl/α,β-unsaturated/α-hetero) is 1. The molecule has 0 fully saturated rings. The molecule has 1 heterocycles. The first-order chi connectivity index (χ1) is 15.5. The molecular weight excluding hydrogens is 418 g/mol. The van der Waals surface area contributed by atoms with E-state index < -0.39 is 5.92 Å². The highest BCUT2D eigenvalue weighted by Crippen LogP contribution is 2.44. The maximum Gasteiger partial charge on any atom is 0.234 e. The molecule has 4 rings (SSSR count). The molecule has 2 aliphatic rings. The largest absolute Gasteiger partial charge is 0.352 e. The number of aryl methyl sites for hydroxylation is 2. The van der Waals surface area contributed by atoms with Crippen LogP contribution in [0.15, 0.2) is 70.4 Å². The second-order valence-corrected chi connectivity index (χ2v) is 9.18. The number of carbonyl (C=O) groups excluding carboxylic acids is 2. The summed E-state index contributed by atoms with van der Waals surface area (Å²) in [6.45, 7) is 3.99. The van der Waals surface area contributed by atoms with Crippen LogP contribution in [0.4, 0.5) is 5.69 Å². The lowest BCUT2D eigenvalue weighted by Crippen LogP contribution is -2.31. The molecule has 162 valence electrons. The van der Waals surface area contributed by atoms with Crippen molar-refractivity contribution in [3.8, 4) is 6.07 Å². The Morgan fingerprint density at radius 1 is 1.16 bits per heavy atom. The standard InChI is InChI=1S/C26H25N3O2S/c1-16-9-11-18(12-10-16)24-20(14-27)26(29-21-7-4-8-22(30)25(21)24)32-15-23(31)28-19-6-3-5-17(2)13-19/h3,5-6,9-13,24,29H,4,7-8,15H2,1-2H3,(H,28,31)/t24-/m0/s1. The fraction of sp³-hybridized carbons (Fsp3) is 0.269. The van der Waals surface area contributed by atoms with Crippen LogP contribution in [-0.4, -0.2) is 17.4 Å². The van der Waals surface area contributed by atoms with Crippen LogP contribution in [0.1, 0.15) is 41.9 Å². The number of nitriles is 1. The Morgan fingerprint density at radius 3 is 2.66 bits per heavy atom. The van der Waals surface area contributed by atoms with Gasteiger partial charge in [-0.15, -0.1) is 0 Å². The Morgan fingerprint density at radius 2 is 1.94 bits per heavy atom. The van der Waals surface area contributed by atoms with Crippen LogP contribution in [0.5, 0.6) is 0 Å². The SMILES string of the molecule is Cc1ccc([C@H]2C(C#N)=C(SCC(=O)Nc3cccc(C)c3)NC3=C2C(=O)CCC3)cc1. The van der Waals surface area contributed by atoms with E-state index in [-0.39, 0.29) is 17.4 Å². The predicted octanol–water partition coefficient (Wildman–Crippen LogP) is 5.10. The van der Waals surface area contributed by atoms with Crippen molar-refractivity contribution in [2.45, 2.75) is 39.0 Å². The zero-order chi connectivity index (χ0) is 22.7. The highest BCUT2D eigenvalue weighted by molar-refractivity contribution is 8.03. The molecule has 2 aromatic carbocycles. The lowest BCUT2D eigenvalue weighted by Gasteiger charge is -2.33. The molecule has 0 saturated carbocycles. The molecule has 0 radical (unpaired) electrons. The highest BCUT2D eigenvalue weighted by atomic mass is 32.2. The van der Waals surface area contributed by atoms with Crippen LogP contribution in [0.3, 0.4) is 0 Å². The lowest BCUT2D eigenvalue weighted by atomic mass is 9.77. The van der Waals surface area contributed by atoms with Gasteiger partial charge in [0.05, 0.1) is 28.3 Å². The van der Waals surface area contributed by atoms with Gasteiger partial charge in [0.2, 0.25) is 5.91 Å². The van der Waals surface area contributed by atoms with Crippen LogP contribution >= 0.6 is 11.8 Å². The van der Waals surface area contributed by atoms with Gasteiger partial charge in [0.15, 0.2) is 5.78 Å². The van der Waals surface area contributed by atoms with E-state index in [1.807, 2.05) is 62.4 Å². The third kappa shape index (κ3) is 4.63. The Kier molecular flexibility index (Phi) is 6.48. The molecule has 32 heavy (non-hydrogen) atoms. The third-order valence-electron chi connectivity index (χ3n) is 5.72. The first kappa shape index (κ1) is 21.9. The molecule has 1 aliphatic carbocycles. The van der Waals surface area contributed by atoms with Gasteiger partial charge < -0.3 is 10.6 Å². The van der Waals surface area contributed by atoms with E-state index in [0.29, 0.717) is 22.6 Å². The third-order valence-corrected chi connectivity index (χ3v) is 6.74. The molecule has 2 aromatic rings. The van der Waals surface area contributed by atoms with E-state index in [1.54, 1.807) is 0 Å². The van der Waals surface area contributed by atoms with Crippen LogP contribution in [0, 0.1) is 25.2 Å². The molecule has 5 nitrogen and oxygen atoms in total. The van der Waals surface area contributed by atoms with Crippen molar-refractivity contribution < 1.29 is 9.59 Å². The minimum Gasteiger partial charge on any atom is -0.352 e. The van der Waals surface area contributed by atoms with E-state index >= 15 is 0 Å². The monoisotopic (exact) mass is 443 g/mol. The molecule has 0 bridgehead atoms. The fourth-order valence-corrected chi connectivity index (χ4v) is 5.05. The number of hydrogen-bond acceptors (Lipinski definition) is 5. The number of ketones is 1. The summed E-state index contributed by atoms with van der Waals surface area (Å²) in [4.78, 5) is 25.4. The number of thioether (sulfide) groups is 1. The minimum atomic E-state index is -0.396. The molecule has 0 spiro atoms. The van der Waals surface area contributed by atoms with Gasteiger partial charge in [0.25, 0.3) is 0 Å². The number of carbonyl (C=O) groups is 2. The van der Waals surface area contributed by atoms with Crippen LogP contribution in [0.25, 0.3) is 0 Å². The van der Waals surface area contributed by atoms with Crippen molar-refractivity contribution >= 4 is 29.1 Å². The number of nitrogens with zero attached hydrogens (tertiary/aromatic N) is 1. The number of dihydropyridines is 1. The van der Waals surface area contributed by atoms with E-state index in [9.17, 15) is 14.9 Å². The summed E-state index contributed by atoms with van der Waals surface area (Å²) in [7, 11) is 0. The molecule has 0 unspecified atom stereocenters. The van der Waals surface area contributed by atoms with E-state index in [0.717, 1.165) is 40.9 Å². The molecule has 1 amide bonds.